The second kappa shape index (κ2) is 5.86. The highest BCUT2D eigenvalue weighted by Gasteiger charge is 2.30. The van der Waals surface area contributed by atoms with E-state index in [0.717, 1.165) is 24.2 Å². The Balaban J connectivity index is 1.86. The van der Waals surface area contributed by atoms with Crippen molar-refractivity contribution in [2.24, 2.45) is 0 Å². The molecule has 0 amide bonds. The Hall–Kier alpha value is -1.87. The smallest absolute Gasteiger partial charge is 0.123 e. The highest BCUT2D eigenvalue weighted by molar-refractivity contribution is 5.36. The molecule has 3 heteroatoms. The molecule has 0 radical (unpaired) electrons. The first-order valence-electron chi connectivity index (χ1n) is 7.37. The van der Waals surface area contributed by atoms with Crippen LogP contribution in [0.15, 0.2) is 42.5 Å². The van der Waals surface area contributed by atoms with Crippen LogP contribution in [0.4, 0.5) is 4.39 Å². The lowest BCUT2D eigenvalue weighted by atomic mass is 9.85. The van der Waals surface area contributed by atoms with Gasteiger partial charge in [-0.25, -0.2) is 4.39 Å². The van der Waals surface area contributed by atoms with Crippen LogP contribution in [0, 0.1) is 12.7 Å². The van der Waals surface area contributed by atoms with E-state index in [-0.39, 0.29) is 18.0 Å². The van der Waals surface area contributed by atoms with E-state index in [0.29, 0.717) is 0 Å². The van der Waals surface area contributed by atoms with Gasteiger partial charge in [0, 0.05) is 0 Å². The molecule has 2 aromatic rings. The summed E-state index contributed by atoms with van der Waals surface area (Å²) in [6.45, 7) is 1.88. The lowest BCUT2D eigenvalue weighted by Gasteiger charge is -2.34. The summed E-state index contributed by atoms with van der Waals surface area (Å²) in [4.78, 5) is 0. The van der Waals surface area contributed by atoms with Crippen LogP contribution in [0.25, 0.3) is 0 Å². The molecule has 2 nitrogen and oxygen atoms in total. The van der Waals surface area contributed by atoms with Gasteiger partial charge in [-0.2, -0.15) is 0 Å². The largest absolute Gasteiger partial charge is 0.488 e. The van der Waals surface area contributed by atoms with Gasteiger partial charge in [0.1, 0.15) is 17.7 Å². The van der Waals surface area contributed by atoms with Crippen molar-refractivity contribution in [1.82, 2.24) is 5.32 Å². The van der Waals surface area contributed by atoms with E-state index in [1.807, 2.05) is 14.0 Å². The molecule has 0 saturated carbocycles. The molecule has 1 N–H and O–H groups in total. The van der Waals surface area contributed by atoms with Crippen LogP contribution in [-0.4, -0.2) is 13.2 Å². The molecule has 1 aliphatic carbocycles. The van der Waals surface area contributed by atoms with Gasteiger partial charge in [0.2, 0.25) is 0 Å². The molecule has 0 fully saturated rings. The number of likely N-dealkylation sites (N-methyl/N-ethyl adjacent to an activating group) is 1. The monoisotopic (exact) mass is 285 g/mol. The highest BCUT2D eigenvalue weighted by atomic mass is 19.1. The van der Waals surface area contributed by atoms with Crippen molar-refractivity contribution in [3.63, 3.8) is 0 Å². The topological polar surface area (TPSA) is 21.3 Å². The van der Waals surface area contributed by atoms with Crippen LogP contribution < -0.4 is 10.1 Å². The lowest BCUT2D eigenvalue weighted by Crippen LogP contribution is -2.38. The van der Waals surface area contributed by atoms with Crippen LogP contribution in [0.2, 0.25) is 0 Å². The molecule has 1 aliphatic rings. The van der Waals surface area contributed by atoms with Crippen LogP contribution in [0.3, 0.4) is 0 Å². The normalized spacial score (nSPS) is 20.9. The molecule has 2 aromatic carbocycles. The van der Waals surface area contributed by atoms with Crippen molar-refractivity contribution in [1.29, 1.82) is 0 Å². The second-order valence-electron chi connectivity index (χ2n) is 5.57. The van der Waals surface area contributed by atoms with Gasteiger partial charge < -0.3 is 10.1 Å². The van der Waals surface area contributed by atoms with E-state index in [1.54, 1.807) is 6.07 Å². The molecular weight excluding hydrogens is 265 g/mol. The average molecular weight is 285 g/mol. The molecule has 0 aromatic heterocycles. The van der Waals surface area contributed by atoms with Crippen LogP contribution in [-0.2, 0) is 6.42 Å². The molecule has 21 heavy (non-hydrogen) atoms. The average Bonchev–Trinajstić information content (AvgIpc) is 2.49. The maximum Gasteiger partial charge on any atom is 0.123 e. The van der Waals surface area contributed by atoms with E-state index in [1.165, 1.54) is 23.3 Å². The van der Waals surface area contributed by atoms with Gasteiger partial charge in [-0.3, -0.25) is 0 Å². The first kappa shape index (κ1) is 14.1. The minimum atomic E-state index is -0.223. The molecule has 110 valence electrons. The fourth-order valence-corrected chi connectivity index (χ4v) is 3.11. The summed E-state index contributed by atoms with van der Waals surface area (Å²) >= 11 is 0. The Bertz CT molecular complexity index is 641. The molecule has 0 bridgehead atoms. The summed E-state index contributed by atoms with van der Waals surface area (Å²) < 4.78 is 19.4. The van der Waals surface area contributed by atoms with Crippen LogP contribution in [0.5, 0.6) is 5.75 Å². The van der Waals surface area contributed by atoms with Gasteiger partial charge in [0.25, 0.3) is 0 Å². The molecule has 2 unspecified atom stereocenters. The Kier molecular flexibility index (Phi) is 3.93. The predicted molar refractivity (Wildman–Crippen MR) is 82.1 cm³/mol. The molecule has 0 spiro atoms. The zero-order valence-corrected chi connectivity index (χ0v) is 12.4. The van der Waals surface area contributed by atoms with Crippen molar-refractivity contribution in [2.75, 3.05) is 7.05 Å². The zero-order chi connectivity index (χ0) is 14.8. The van der Waals surface area contributed by atoms with E-state index in [2.05, 4.69) is 29.6 Å². The number of aryl methyl sites for hydroxylation is 2. The Morgan fingerprint density at radius 3 is 2.76 bits per heavy atom. The van der Waals surface area contributed by atoms with Gasteiger partial charge in [0.05, 0.1) is 6.04 Å². The van der Waals surface area contributed by atoms with Crippen molar-refractivity contribution in [3.05, 3.63) is 65.0 Å². The standard InChI is InChI=1S/C18H20FNO/c1-12-11-14(19)8-10-16(12)21-17-9-7-13-5-3-4-6-15(13)18(17)20-2/h3-6,8,10-11,17-18,20H,7,9H2,1-2H3. The van der Waals surface area contributed by atoms with Gasteiger partial charge in [-0.05, 0) is 61.7 Å². The number of nitrogens with one attached hydrogen (secondary N) is 1. The molecular formula is C18H20FNO. The SMILES string of the molecule is CNC1c2ccccc2CCC1Oc1ccc(F)cc1C. The van der Waals surface area contributed by atoms with Gasteiger partial charge in [-0.1, -0.05) is 24.3 Å². The third-order valence-corrected chi connectivity index (χ3v) is 4.19. The molecule has 3 rings (SSSR count). The van der Waals surface area contributed by atoms with E-state index in [4.69, 9.17) is 4.74 Å². The van der Waals surface area contributed by atoms with Crippen molar-refractivity contribution in [3.8, 4) is 5.75 Å². The number of rotatable bonds is 3. The van der Waals surface area contributed by atoms with Crippen molar-refractivity contribution in [2.45, 2.75) is 31.9 Å². The maximum absolute atomic E-state index is 13.2. The summed E-state index contributed by atoms with van der Waals surface area (Å²) in [6, 6.07) is 13.3. The summed E-state index contributed by atoms with van der Waals surface area (Å²) in [5.74, 6) is 0.542. The number of halogens is 1. The first-order chi connectivity index (χ1) is 10.2. The van der Waals surface area contributed by atoms with Gasteiger partial charge >= 0.3 is 0 Å². The van der Waals surface area contributed by atoms with Crippen molar-refractivity contribution < 1.29 is 9.13 Å². The number of hydrogen-bond acceptors (Lipinski definition) is 2. The third kappa shape index (κ3) is 2.79. The van der Waals surface area contributed by atoms with Crippen LogP contribution in [0.1, 0.15) is 29.2 Å². The summed E-state index contributed by atoms with van der Waals surface area (Å²) in [7, 11) is 1.96. The fraction of sp³-hybridized carbons (Fsp3) is 0.333. The van der Waals surface area contributed by atoms with E-state index >= 15 is 0 Å². The second-order valence-corrected chi connectivity index (χ2v) is 5.57. The van der Waals surface area contributed by atoms with Crippen LogP contribution >= 0.6 is 0 Å². The Labute approximate surface area is 125 Å². The molecule has 2 atom stereocenters. The van der Waals surface area contributed by atoms with Gasteiger partial charge in [-0.15, -0.1) is 0 Å². The minimum Gasteiger partial charge on any atom is -0.488 e. The van der Waals surface area contributed by atoms with E-state index in [9.17, 15) is 4.39 Å². The number of benzene rings is 2. The lowest BCUT2D eigenvalue weighted by molar-refractivity contribution is 0.138. The quantitative estimate of drug-likeness (QED) is 0.926. The van der Waals surface area contributed by atoms with Gasteiger partial charge in [0.15, 0.2) is 0 Å². The molecule has 0 heterocycles. The fourth-order valence-electron chi connectivity index (χ4n) is 3.11. The van der Waals surface area contributed by atoms with E-state index < -0.39 is 0 Å². The Morgan fingerprint density at radius 1 is 1.19 bits per heavy atom. The summed E-state index contributed by atoms with van der Waals surface area (Å²) in [6.07, 6.45) is 2.03. The number of ether oxygens (including phenoxy) is 1. The minimum absolute atomic E-state index is 0.0639. The highest BCUT2D eigenvalue weighted by Crippen LogP contribution is 2.33. The summed E-state index contributed by atoms with van der Waals surface area (Å²) in [5, 5.41) is 3.36. The summed E-state index contributed by atoms with van der Waals surface area (Å²) in [5.41, 5.74) is 3.52. The third-order valence-electron chi connectivity index (χ3n) is 4.19. The Morgan fingerprint density at radius 2 is 2.00 bits per heavy atom. The molecule has 0 saturated heterocycles. The first-order valence-corrected chi connectivity index (χ1v) is 7.37. The zero-order valence-electron chi connectivity index (χ0n) is 12.4. The maximum atomic E-state index is 13.2. The predicted octanol–water partition coefficient (Wildman–Crippen LogP) is 3.79. The van der Waals surface area contributed by atoms with Crippen molar-refractivity contribution >= 4 is 0 Å². The number of fused-ring (bicyclic) bond motifs is 1. The number of hydrogen-bond donors (Lipinski definition) is 1. The molecule has 0 aliphatic heterocycles.